The highest BCUT2D eigenvalue weighted by Gasteiger charge is 2.16. The van der Waals surface area contributed by atoms with E-state index in [1.807, 2.05) is 38.1 Å². The second kappa shape index (κ2) is 6.90. The third-order valence-electron chi connectivity index (χ3n) is 3.45. The molecule has 0 amide bonds. The summed E-state index contributed by atoms with van der Waals surface area (Å²) in [6.45, 7) is 3.99. The Hall–Kier alpha value is -0.910. The lowest BCUT2D eigenvalue weighted by Gasteiger charge is -2.14. The molecule has 2 aromatic rings. The molecule has 0 heterocycles. The van der Waals surface area contributed by atoms with Crippen LogP contribution in [0, 0.1) is 5.92 Å². The molecule has 112 valence electrons. The largest absolute Gasteiger partial charge is 0.506 e. The molecule has 21 heavy (non-hydrogen) atoms. The Balaban J connectivity index is 2.57. The molecule has 0 saturated carbocycles. The molecular formula is C16H17Br2NO2. The summed E-state index contributed by atoms with van der Waals surface area (Å²) in [6.07, 6.45) is 1.62. The third-order valence-corrected chi connectivity index (χ3v) is 5.11. The highest BCUT2D eigenvalue weighted by Crippen LogP contribution is 2.40. The van der Waals surface area contributed by atoms with Gasteiger partial charge in [0.2, 0.25) is 0 Å². The Labute approximate surface area is 141 Å². The Morgan fingerprint density at radius 2 is 1.71 bits per heavy atom. The van der Waals surface area contributed by atoms with Gasteiger partial charge in [-0.2, -0.15) is 0 Å². The number of aliphatic hydroxyl groups is 1. The third kappa shape index (κ3) is 3.30. The molecule has 0 fully saturated rings. The summed E-state index contributed by atoms with van der Waals surface area (Å²) in [7, 11) is 0. The maximum Gasteiger partial charge on any atom is 0.140 e. The summed E-state index contributed by atoms with van der Waals surface area (Å²) in [5, 5.41) is 21.6. The van der Waals surface area contributed by atoms with Crippen LogP contribution in [0.4, 0.5) is 0 Å². The van der Waals surface area contributed by atoms with Crippen molar-refractivity contribution in [1.29, 1.82) is 0 Å². The zero-order valence-electron chi connectivity index (χ0n) is 11.8. The van der Waals surface area contributed by atoms with E-state index in [2.05, 4.69) is 36.9 Å². The summed E-state index contributed by atoms with van der Waals surface area (Å²) in [5.74, 6) is 0.376. The van der Waals surface area contributed by atoms with E-state index in [1.54, 1.807) is 6.21 Å². The lowest BCUT2D eigenvalue weighted by molar-refractivity contribution is 0.240. The molecule has 0 aliphatic heterocycles. The van der Waals surface area contributed by atoms with Crippen molar-refractivity contribution >= 4 is 48.8 Å². The van der Waals surface area contributed by atoms with E-state index in [9.17, 15) is 10.2 Å². The van der Waals surface area contributed by atoms with Crippen molar-refractivity contribution in [3.05, 3.63) is 38.8 Å². The summed E-state index contributed by atoms with van der Waals surface area (Å²) < 4.78 is 1.44. The maximum atomic E-state index is 10.4. The molecule has 2 aromatic carbocycles. The number of aliphatic imine (C=N–C) groups is 1. The molecule has 3 nitrogen and oxygen atoms in total. The van der Waals surface area contributed by atoms with Crippen LogP contribution in [0.1, 0.15) is 19.4 Å². The number of nitrogens with zero attached hydrogens (tertiary/aromatic N) is 1. The number of benzene rings is 2. The lowest BCUT2D eigenvalue weighted by Crippen LogP contribution is -2.17. The van der Waals surface area contributed by atoms with Gasteiger partial charge in [-0.3, -0.25) is 4.99 Å². The fourth-order valence-electron chi connectivity index (χ4n) is 2.08. The molecule has 0 aromatic heterocycles. The highest BCUT2D eigenvalue weighted by molar-refractivity contribution is 9.11. The average molecular weight is 415 g/mol. The zero-order valence-corrected chi connectivity index (χ0v) is 15.0. The first-order valence-corrected chi connectivity index (χ1v) is 8.28. The fourth-order valence-corrected chi connectivity index (χ4v) is 3.27. The van der Waals surface area contributed by atoms with Gasteiger partial charge in [-0.15, -0.1) is 0 Å². The topological polar surface area (TPSA) is 52.8 Å². The van der Waals surface area contributed by atoms with Crippen LogP contribution >= 0.6 is 31.9 Å². The second-order valence-corrected chi connectivity index (χ2v) is 6.79. The number of fused-ring (bicyclic) bond motifs is 1. The van der Waals surface area contributed by atoms with E-state index in [4.69, 9.17) is 0 Å². The molecule has 5 heteroatoms. The summed E-state index contributed by atoms with van der Waals surface area (Å²) in [6, 6.07) is 7.61. The van der Waals surface area contributed by atoms with Gasteiger partial charge in [0.25, 0.3) is 0 Å². The minimum Gasteiger partial charge on any atom is -0.506 e. The predicted molar refractivity (Wildman–Crippen MR) is 94.3 cm³/mol. The normalized spacial score (nSPS) is 13.4. The van der Waals surface area contributed by atoms with Crippen LogP contribution < -0.4 is 0 Å². The van der Waals surface area contributed by atoms with Crippen molar-refractivity contribution in [3.63, 3.8) is 0 Å². The smallest absolute Gasteiger partial charge is 0.140 e. The number of aromatic hydroxyl groups is 1. The van der Waals surface area contributed by atoms with E-state index in [0.29, 0.717) is 10.0 Å². The first kappa shape index (κ1) is 16.5. The molecule has 2 rings (SSSR count). The van der Waals surface area contributed by atoms with Gasteiger partial charge in [-0.05, 0) is 43.2 Å². The van der Waals surface area contributed by atoms with Gasteiger partial charge in [0.05, 0.1) is 22.7 Å². The molecule has 1 atom stereocenters. The molecule has 0 unspecified atom stereocenters. The van der Waals surface area contributed by atoms with Crippen LogP contribution in [0.2, 0.25) is 0 Å². The van der Waals surface area contributed by atoms with Crippen LogP contribution in [0.3, 0.4) is 0 Å². The molecule has 0 aliphatic carbocycles. The molecule has 0 bridgehead atoms. The minimum absolute atomic E-state index is 0.0126. The quantitative estimate of drug-likeness (QED) is 0.723. The van der Waals surface area contributed by atoms with Gasteiger partial charge in [0.15, 0.2) is 0 Å². The number of aliphatic hydroxyl groups excluding tert-OH is 1. The van der Waals surface area contributed by atoms with Crippen molar-refractivity contribution in [3.8, 4) is 5.75 Å². The van der Waals surface area contributed by atoms with E-state index >= 15 is 0 Å². The summed E-state index contributed by atoms with van der Waals surface area (Å²) in [5.41, 5.74) is 0.611. The Bertz CT molecular complexity index is 684. The predicted octanol–water partition coefficient (Wildman–Crippen LogP) is 4.51. The van der Waals surface area contributed by atoms with Crippen molar-refractivity contribution in [1.82, 2.24) is 0 Å². The van der Waals surface area contributed by atoms with Gasteiger partial charge in [0.1, 0.15) is 5.75 Å². The Kier molecular flexibility index (Phi) is 5.41. The maximum absolute atomic E-state index is 10.4. The molecule has 0 saturated heterocycles. The number of hydrogen-bond acceptors (Lipinski definition) is 3. The van der Waals surface area contributed by atoms with Crippen molar-refractivity contribution in [2.24, 2.45) is 10.9 Å². The number of hydrogen-bond donors (Lipinski definition) is 2. The monoisotopic (exact) mass is 413 g/mol. The average Bonchev–Trinajstić information content (AvgIpc) is 2.48. The lowest BCUT2D eigenvalue weighted by atomic mass is 10.0. The number of phenols is 1. The van der Waals surface area contributed by atoms with E-state index in [1.165, 1.54) is 0 Å². The summed E-state index contributed by atoms with van der Waals surface area (Å²) in [4.78, 5) is 4.40. The Morgan fingerprint density at radius 3 is 2.24 bits per heavy atom. The molecule has 0 spiro atoms. The van der Waals surface area contributed by atoms with Crippen LogP contribution in [0.25, 0.3) is 10.8 Å². The van der Waals surface area contributed by atoms with Crippen LogP contribution in [0.5, 0.6) is 5.75 Å². The number of phenolic OH excluding ortho intramolecular Hbond substituents is 1. The molecular weight excluding hydrogens is 398 g/mol. The van der Waals surface area contributed by atoms with E-state index < -0.39 is 0 Å². The fraction of sp³-hybridized carbons (Fsp3) is 0.312. The number of rotatable bonds is 4. The SMILES string of the molecule is CC(C)[C@@H](CO)N=Cc1c(O)c(Br)c2ccccc2c1Br. The first-order valence-electron chi connectivity index (χ1n) is 6.70. The zero-order chi connectivity index (χ0) is 15.6. The standard InChI is InChI=1S/C16H17Br2NO2/c1-9(2)13(8-20)19-7-12-14(17)10-5-3-4-6-11(10)15(18)16(12)21/h3-7,9,13,20-21H,8H2,1-2H3/t13-/m1/s1. The molecule has 0 radical (unpaired) electrons. The molecule has 2 N–H and O–H groups in total. The second-order valence-electron chi connectivity index (χ2n) is 5.21. The van der Waals surface area contributed by atoms with E-state index in [-0.39, 0.29) is 24.3 Å². The van der Waals surface area contributed by atoms with Crippen molar-refractivity contribution in [2.45, 2.75) is 19.9 Å². The van der Waals surface area contributed by atoms with Crippen molar-refractivity contribution in [2.75, 3.05) is 6.61 Å². The van der Waals surface area contributed by atoms with Gasteiger partial charge >= 0.3 is 0 Å². The highest BCUT2D eigenvalue weighted by atomic mass is 79.9. The van der Waals surface area contributed by atoms with Crippen LogP contribution in [-0.2, 0) is 0 Å². The van der Waals surface area contributed by atoms with Gasteiger partial charge in [0, 0.05) is 16.1 Å². The van der Waals surface area contributed by atoms with Gasteiger partial charge in [-0.1, -0.05) is 38.1 Å². The molecule has 0 aliphatic rings. The van der Waals surface area contributed by atoms with Crippen LogP contribution in [0.15, 0.2) is 38.2 Å². The van der Waals surface area contributed by atoms with E-state index in [0.717, 1.165) is 15.2 Å². The minimum atomic E-state index is -0.179. The Morgan fingerprint density at radius 1 is 1.14 bits per heavy atom. The van der Waals surface area contributed by atoms with Crippen molar-refractivity contribution < 1.29 is 10.2 Å². The van der Waals surface area contributed by atoms with Gasteiger partial charge in [-0.25, -0.2) is 0 Å². The van der Waals surface area contributed by atoms with Crippen LogP contribution in [-0.4, -0.2) is 29.1 Å². The van der Waals surface area contributed by atoms with Gasteiger partial charge < -0.3 is 10.2 Å². The first-order chi connectivity index (χ1) is 9.97. The summed E-state index contributed by atoms with van der Waals surface area (Å²) >= 11 is 6.98. The number of halogens is 2.